The van der Waals surface area contributed by atoms with E-state index in [0.717, 1.165) is 0 Å². The lowest BCUT2D eigenvalue weighted by molar-refractivity contribution is 0.337. The van der Waals surface area contributed by atoms with Crippen molar-refractivity contribution in [3.63, 3.8) is 0 Å². The van der Waals surface area contributed by atoms with Gasteiger partial charge in [-0.05, 0) is 67.9 Å². The van der Waals surface area contributed by atoms with Crippen molar-refractivity contribution < 1.29 is 22.1 Å². The van der Waals surface area contributed by atoms with Crippen LogP contribution < -0.4 is 13.7 Å². The number of halogens is 2. The molecule has 0 amide bonds. The van der Waals surface area contributed by atoms with Crippen molar-refractivity contribution in [2.75, 3.05) is 6.61 Å². The van der Waals surface area contributed by atoms with Crippen LogP contribution in [0.2, 0.25) is 10.0 Å². The van der Waals surface area contributed by atoms with Crippen molar-refractivity contribution in [2.45, 2.75) is 18.7 Å². The standard InChI is InChI=1S/C20H17Cl2NO5S/c1-3-26-19-9-8-17(10-13(19)2)29(24,25)28-16-6-4-15(5-7-16)27-20-18(22)11-14(21)12-23-20/h4-12H,3H2,1-2H3. The van der Waals surface area contributed by atoms with E-state index in [-0.39, 0.29) is 21.5 Å². The second-order valence-corrected chi connectivity index (χ2v) is 8.30. The Morgan fingerprint density at radius 3 is 2.31 bits per heavy atom. The first-order valence-electron chi connectivity index (χ1n) is 8.55. The van der Waals surface area contributed by atoms with E-state index in [2.05, 4.69) is 4.98 Å². The molecule has 0 aliphatic rings. The Hall–Kier alpha value is -2.48. The first-order valence-corrected chi connectivity index (χ1v) is 10.7. The molecule has 9 heteroatoms. The van der Waals surface area contributed by atoms with Gasteiger partial charge in [-0.15, -0.1) is 0 Å². The lowest BCUT2D eigenvalue weighted by Crippen LogP contribution is -2.10. The fourth-order valence-corrected chi connectivity index (χ4v) is 3.86. The van der Waals surface area contributed by atoms with Crippen molar-refractivity contribution in [1.82, 2.24) is 4.98 Å². The zero-order valence-corrected chi connectivity index (χ0v) is 17.9. The van der Waals surface area contributed by atoms with Gasteiger partial charge in [0, 0.05) is 6.20 Å². The van der Waals surface area contributed by atoms with E-state index in [4.69, 9.17) is 36.9 Å². The van der Waals surface area contributed by atoms with Crippen LogP contribution in [0.3, 0.4) is 0 Å². The summed E-state index contributed by atoms with van der Waals surface area (Å²) in [7, 11) is -4.00. The van der Waals surface area contributed by atoms with Gasteiger partial charge in [0.25, 0.3) is 0 Å². The number of aromatic nitrogens is 1. The molecule has 0 radical (unpaired) electrons. The van der Waals surface area contributed by atoms with Gasteiger partial charge in [-0.3, -0.25) is 0 Å². The molecule has 0 unspecified atom stereocenters. The first kappa shape index (κ1) is 21.2. The van der Waals surface area contributed by atoms with Crippen molar-refractivity contribution in [2.24, 2.45) is 0 Å². The average Bonchev–Trinajstić information content (AvgIpc) is 2.67. The molecule has 0 saturated carbocycles. The molecule has 29 heavy (non-hydrogen) atoms. The highest BCUT2D eigenvalue weighted by Gasteiger charge is 2.18. The third-order valence-electron chi connectivity index (χ3n) is 3.75. The molecule has 0 aliphatic heterocycles. The topological polar surface area (TPSA) is 74.7 Å². The molecule has 3 rings (SSSR count). The molecule has 1 heterocycles. The van der Waals surface area contributed by atoms with Crippen molar-refractivity contribution >= 4 is 33.3 Å². The predicted octanol–water partition coefficient (Wildman–Crippen LogP) is 5.66. The molecule has 0 aliphatic carbocycles. The minimum Gasteiger partial charge on any atom is -0.494 e. The Morgan fingerprint density at radius 1 is 1.00 bits per heavy atom. The van der Waals surface area contributed by atoms with Crippen LogP contribution >= 0.6 is 23.2 Å². The fourth-order valence-electron chi connectivity index (χ4n) is 2.42. The Morgan fingerprint density at radius 2 is 1.69 bits per heavy atom. The lowest BCUT2D eigenvalue weighted by atomic mass is 10.2. The van der Waals surface area contributed by atoms with E-state index in [9.17, 15) is 8.42 Å². The van der Waals surface area contributed by atoms with E-state index in [1.165, 1.54) is 36.5 Å². The Kier molecular flexibility index (Phi) is 6.52. The van der Waals surface area contributed by atoms with Gasteiger partial charge in [0.15, 0.2) is 0 Å². The monoisotopic (exact) mass is 453 g/mol. The van der Waals surface area contributed by atoms with Gasteiger partial charge < -0.3 is 13.7 Å². The van der Waals surface area contributed by atoms with Crippen LogP contribution in [-0.4, -0.2) is 20.0 Å². The molecule has 1 aromatic heterocycles. The molecule has 0 saturated heterocycles. The van der Waals surface area contributed by atoms with Crippen LogP contribution in [0.15, 0.2) is 59.6 Å². The van der Waals surface area contributed by atoms with Gasteiger partial charge in [0.05, 0.1) is 11.6 Å². The summed E-state index contributed by atoms with van der Waals surface area (Å²) in [6.45, 7) is 4.12. The molecule has 152 valence electrons. The number of hydrogen-bond donors (Lipinski definition) is 0. The maximum Gasteiger partial charge on any atom is 0.339 e. The summed E-state index contributed by atoms with van der Waals surface area (Å²) < 4.78 is 41.3. The zero-order valence-electron chi connectivity index (χ0n) is 15.6. The number of aryl methyl sites for hydroxylation is 1. The number of nitrogens with zero attached hydrogens (tertiary/aromatic N) is 1. The van der Waals surface area contributed by atoms with Crippen molar-refractivity contribution in [3.8, 4) is 23.1 Å². The van der Waals surface area contributed by atoms with Crippen LogP contribution in [0, 0.1) is 6.92 Å². The fraction of sp³-hybridized carbons (Fsp3) is 0.150. The summed E-state index contributed by atoms with van der Waals surface area (Å²) >= 11 is 11.8. The summed E-state index contributed by atoms with van der Waals surface area (Å²) in [6, 6.07) is 12.1. The molecule has 0 N–H and O–H groups in total. The Balaban J connectivity index is 1.74. The molecule has 0 spiro atoms. The minimum absolute atomic E-state index is 0.0379. The zero-order chi connectivity index (χ0) is 21.0. The third kappa shape index (κ3) is 5.32. The number of pyridine rings is 1. The van der Waals surface area contributed by atoms with E-state index in [1.807, 2.05) is 6.92 Å². The maximum atomic E-state index is 12.5. The third-order valence-corrected chi connectivity index (χ3v) is 5.47. The van der Waals surface area contributed by atoms with Crippen LogP contribution in [0.1, 0.15) is 12.5 Å². The SMILES string of the molecule is CCOc1ccc(S(=O)(=O)Oc2ccc(Oc3ncc(Cl)cc3Cl)cc2)cc1C. The second-order valence-electron chi connectivity index (χ2n) is 5.91. The van der Waals surface area contributed by atoms with Gasteiger partial charge in [0.1, 0.15) is 27.2 Å². The molecule has 0 bridgehead atoms. The molecule has 0 atom stereocenters. The van der Waals surface area contributed by atoms with Crippen LogP contribution in [0.25, 0.3) is 0 Å². The smallest absolute Gasteiger partial charge is 0.339 e. The maximum absolute atomic E-state index is 12.5. The van der Waals surface area contributed by atoms with Gasteiger partial charge in [-0.2, -0.15) is 8.42 Å². The molecule has 2 aromatic carbocycles. The summed E-state index contributed by atoms with van der Waals surface area (Å²) in [6.07, 6.45) is 1.41. The highest BCUT2D eigenvalue weighted by atomic mass is 35.5. The molecular formula is C20H17Cl2NO5S. The van der Waals surface area contributed by atoms with Crippen LogP contribution in [-0.2, 0) is 10.1 Å². The van der Waals surface area contributed by atoms with Crippen molar-refractivity contribution in [1.29, 1.82) is 0 Å². The molecule has 6 nitrogen and oxygen atoms in total. The highest BCUT2D eigenvalue weighted by Crippen LogP contribution is 2.30. The van der Waals surface area contributed by atoms with E-state index in [1.54, 1.807) is 25.1 Å². The average molecular weight is 454 g/mol. The molecular weight excluding hydrogens is 437 g/mol. The number of ether oxygens (including phenoxy) is 2. The molecule has 0 fully saturated rings. The summed E-state index contributed by atoms with van der Waals surface area (Å²) in [5.41, 5.74) is 0.701. The minimum atomic E-state index is -4.00. The number of rotatable bonds is 7. The van der Waals surface area contributed by atoms with E-state index in [0.29, 0.717) is 28.7 Å². The first-order chi connectivity index (χ1) is 13.8. The summed E-state index contributed by atoms with van der Waals surface area (Å²) in [4.78, 5) is 4.04. The van der Waals surface area contributed by atoms with Crippen LogP contribution in [0.4, 0.5) is 0 Å². The summed E-state index contributed by atoms with van der Waals surface area (Å²) in [5.74, 6) is 1.35. The predicted molar refractivity (Wildman–Crippen MR) is 111 cm³/mol. The summed E-state index contributed by atoms with van der Waals surface area (Å²) in [5, 5.41) is 0.645. The van der Waals surface area contributed by atoms with Crippen molar-refractivity contribution in [3.05, 3.63) is 70.3 Å². The number of hydrogen-bond acceptors (Lipinski definition) is 6. The van der Waals surface area contributed by atoms with E-state index < -0.39 is 10.1 Å². The van der Waals surface area contributed by atoms with Gasteiger partial charge >= 0.3 is 10.1 Å². The normalized spacial score (nSPS) is 11.2. The quantitative estimate of drug-likeness (QED) is 0.429. The van der Waals surface area contributed by atoms with Gasteiger partial charge in [-0.25, -0.2) is 4.98 Å². The highest BCUT2D eigenvalue weighted by molar-refractivity contribution is 7.87. The Labute approximate surface area is 179 Å². The van der Waals surface area contributed by atoms with Gasteiger partial charge in [0.2, 0.25) is 5.88 Å². The number of benzene rings is 2. The van der Waals surface area contributed by atoms with Gasteiger partial charge in [-0.1, -0.05) is 23.2 Å². The van der Waals surface area contributed by atoms with E-state index >= 15 is 0 Å². The molecule has 3 aromatic rings. The largest absolute Gasteiger partial charge is 0.494 e. The van der Waals surface area contributed by atoms with Crippen LogP contribution in [0.5, 0.6) is 23.1 Å². The lowest BCUT2D eigenvalue weighted by Gasteiger charge is -2.11. The Bertz CT molecular complexity index is 1120. The second kappa shape index (κ2) is 8.90.